The molecule has 6 nitrogen and oxygen atoms in total. The van der Waals surface area contributed by atoms with E-state index >= 15 is 0 Å². The van der Waals surface area contributed by atoms with E-state index < -0.39 is 0 Å². The maximum absolute atomic E-state index is 12.9. The molecule has 3 rings (SSSR count). The minimum absolute atomic E-state index is 0.0789. The van der Waals surface area contributed by atoms with Crippen LogP contribution in [0, 0.1) is 5.82 Å². The molecule has 30 heavy (non-hydrogen) atoms. The second-order valence-electron chi connectivity index (χ2n) is 7.34. The normalized spacial score (nSPS) is 15.0. The van der Waals surface area contributed by atoms with E-state index in [1.54, 1.807) is 12.1 Å². The molecule has 1 fully saturated rings. The number of rotatable bonds is 10. The Balaban J connectivity index is 1.30. The molecular weight excluding hydrogens is 385 g/mol. The molecule has 0 radical (unpaired) electrons. The molecule has 1 aliphatic rings. The highest BCUT2D eigenvalue weighted by Gasteiger charge is 2.18. The zero-order valence-corrected chi connectivity index (χ0v) is 17.5. The Kier molecular flexibility index (Phi) is 8.47. The summed E-state index contributed by atoms with van der Waals surface area (Å²) in [5.74, 6) is 1.31. The van der Waals surface area contributed by atoms with Crippen LogP contribution in [0.2, 0.25) is 0 Å². The monoisotopic (exact) mass is 415 g/mol. The molecule has 1 amide bonds. The van der Waals surface area contributed by atoms with Crippen molar-refractivity contribution in [3.8, 4) is 11.5 Å². The third-order valence-corrected chi connectivity index (χ3v) is 4.93. The van der Waals surface area contributed by atoms with Gasteiger partial charge in [0.05, 0.1) is 13.2 Å². The lowest BCUT2D eigenvalue weighted by atomic mass is 10.3. The van der Waals surface area contributed by atoms with Crippen molar-refractivity contribution in [1.82, 2.24) is 9.80 Å². The van der Waals surface area contributed by atoms with Crippen LogP contribution in [0.15, 0.2) is 48.5 Å². The van der Waals surface area contributed by atoms with Crippen LogP contribution in [-0.2, 0) is 4.79 Å². The SMILES string of the molecule is CCCOc1ccc(OCCN2CCN(CC(=O)Nc3ccc(F)cc3)CC2)cc1. The largest absolute Gasteiger partial charge is 0.494 e. The van der Waals surface area contributed by atoms with E-state index in [4.69, 9.17) is 9.47 Å². The van der Waals surface area contributed by atoms with E-state index in [0.29, 0.717) is 18.8 Å². The Hall–Kier alpha value is -2.64. The summed E-state index contributed by atoms with van der Waals surface area (Å²) in [6.45, 7) is 8.09. The van der Waals surface area contributed by atoms with Crippen LogP contribution < -0.4 is 14.8 Å². The number of amides is 1. The fourth-order valence-electron chi connectivity index (χ4n) is 3.25. The Morgan fingerprint density at radius 1 is 0.900 bits per heavy atom. The van der Waals surface area contributed by atoms with Gasteiger partial charge in [-0.1, -0.05) is 6.92 Å². The molecule has 2 aromatic carbocycles. The number of hydrogen-bond donors (Lipinski definition) is 1. The van der Waals surface area contributed by atoms with Crippen molar-refractivity contribution in [3.05, 3.63) is 54.3 Å². The molecule has 0 aromatic heterocycles. The summed E-state index contributed by atoms with van der Waals surface area (Å²) in [5.41, 5.74) is 0.613. The second-order valence-corrected chi connectivity index (χ2v) is 7.34. The van der Waals surface area contributed by atoms with Gasteiger partial charge in [0, 0.05) is 38.4 Å². The molecule has 1 saturated heterocycles. The molecule has 7 heteroatoms. The number of carbonyl (C=O) groups is 1. The summed E-state index contributed by atoms with van der Waals surface area (Å²) < 4.78 is 24.3. The van der Waals surface area contributed by atoms with E-state index in [-0.39, 0.29) is 11.7 Å². The van der Waals surface area contributed by atoms with Crippen LogP contribution in [0.4, 0.5) is 10.1 Å². The average molecular weight is 416 g/mol. The lowest BCUT2D eigenvalue weighted by Gasteiger charge is -2.34. The van der Waals surface area contributed by atoms with Crippen molar-refractivity contribution >= 4 is 11.6 Å². The minimum Gasteiger partial charge on any atom is -0.494 e. The Morgan fingerprint density at radius 2 is 1.47 bits per heavy atom. The lowest BCUT2D eigenvalue weighted by Crippen LogP contribution is -2.49. The number of piperazine rings is 1. The van der Waals surface area contributed by atoms with Crippen molar-refractivity contribution in [2.75, 3.05) is 57.8 Å². The maximum Gasteiger partial charge on any atom is 0.238 e. The molecule has 0 bridgehead atoms. The van der Waals surface area contributed by atoms with Crippen LogP contribution in [0.3, 0.4) is 0 Å². The molecule has 2 aromatic rings. The summed E-state index contributed by atoms with van der Waals surface area (Å²) in [5, 5.41) is 2.81. The number of nitrogens with zero attached hydrogens (tertiary/aromatic N) is 2. The Morgan fingerprint density at radius 3 is 2.07 bits per heavy atom. The van der Waals surface area contributed by atoms with Crippen molar-refractivity contribution in [2.24, 2.45) is 0 Å². The first-order valence-corrected chi connectivity index (χ1v) is 10.5. The fourth-order valence-corrected chi connectivity index (χ4v) is 3.25. The molecule has 0 unspecified atom stereocenters. The van der Waals surface area contributed by atoms with Gasteiger partial charge >= 0.3 is 0 Å². The molecule has 1 heterocycles. The molecule has 0 spiro atoms. The second kappa shape index (κ2) is 11.5. The lowest BCUT2D eigenvalue weighted by molar-refractivity contribution is -0.117. The number of halogens is 1. The van der Waals surface area contributed by atoms with Gasteiger partial charge in [0.15, 0.2) is 0 Å². The van der Waals surface area contributed by atoms with E-state index in [0.717, 1.165) is 57.3 Å². The molecule has 0 saturated carbocycles. The van der Waals surface area contributed by atoms with Gasteiger partial charge < -0.3 is 14.8 Å². The summed E-state index contributed by atoms with van der Waals surface area (Å²) in [6, 6.07) is 13.5. The highest BCUT2D eigenvalue weighted by molar-refractivity contribution is 5.92. The molecular formula is C23H30FN3O3. The van der Waals surface area contributed by atoms with Gasteiger partial charge in [-0.3, -0.25) is 14.6 Å². The van der Waals surface area contributed by atoms with Gasteiger partial charge in [-0.25, -0.2) is 4.39 Å². The number of ether oxygens (including phenoxy) is 2. The van der Waals surface area contributed by atoms with Crippen molar-refractivity contribution in [2.45, 2.75) is 13.3 Å². The smallest absolute Gasteiger partial charge is 0.238 e. The van der Waals surface area contributed by atoms with Crippen molar-refractivity contribution in [3.63, 3.8) is 0 Å². The van der Waals surface area contributed by atoms with E-state index in [1.807, 2.05) is 24.3 Å². The first-order valence-electron chi connectivity index (χ1n) is 10.5. The Bertz CT molecular complexity index is 775. The van der Waals surface area contributed by atoms with Gasteiger partial charge in [0.2, 0.25) is 5.91 Å². The van der Waals surface area contributed by atoms with Crippen LogP contribution in [0.25, 0.3) is 0 Å². The van der Waals surface area contributed by atoms with Gasteiger partial charge in [0.25, 0.3) is 0 Å². The van der Waals surface area contributed by atoms with Crippen LogP contribution in [-0.4, -0.2) is 68.2 Å². The van der Waals surface area contributed by atoms with Gasteiger partial charge in [0.1, 0.15) is 23.9 Å². The molecule has 0 aliphatic carbocycles. The van der Waals surface area contributed by atoms with Gasteiger partial charge in [-0.05, 0) is 55.0 Å². The highest BCUT2D eigenvalue weighted by atomic mass is 19.1. The molecule has 1 N–H and O–H groups in total. The number of benzene rings is 2. The average Bonchev–Trinajstić information content (AvgIpc) is 2.76. The summed E-state index contributed by atoms with van der Waals surface area (Å²) in [4.78, 5) is 16.6. The van der Waals surface area contributed by atoms with Gasteiger partial charge in [-0.15, -0.1) is 0 Å². The number of hydrogen-bond acceptors (Lipinski definition) is 5. The summed E-state index contributed by atoms with van der Waals surface area (Å²) >= 11 is 0. The maximum atomic E-state index is 12.9. The minimum atomic E-state index is -0.314. The number of nitrogens with one attached hydrogen (secondary N) is 1. The molecule has 162 valence electrons. The summed E-state index contributed by atoms with van der Waals surface area (Å²) in [6.07, 6.45) is 0.991. The van der Waals surface area contributed by atoms with Crippen LogP contribution >= 0.6 is 0 Å². The van der Waals surface area contributed by atoms with Crippen LogP contribution in [0.1, 0.15) is 13.3 Å². The Labute approximate surface area is 177 Å². The zero-order chi connectivity index (χ0) is 21.2. The first kappa shape index (κ1) is 22.1. The van der Waals surface area contributed by atoms with Crippen molar-refractivity contribution < 1.29 is 18.7 Å². The van der Waals surface area contributed by atoms with E-state index in [2.05, 4.69) is 22.0 Å². The molecule has 1 aliphatic heterocycles. The topological polar surface area (TPSA) is 54.0 Å². The zero-order valence-electron chi connectivity index (χ0n) is 17.5. The molecule has 0 atom stereocenters. The van der Waals surface area contributed by atoms with Crippen molar-refractivity contribution in [1.29, 1.82) is 0 Å². The fraction of sp³-hybridized carbons (Fsp3) is 0.435. The quantitative estimate of drug-likeness (QED) is 0.646. The third kappa shape index (κ3) is 7.31. The van der Waals surface area contributed by atoms with E-state index in [9.17, 15) is 9.18 Å². The standard InChI is InChI=1S/C23H30FN3O3/c1-2-16-29-21-7-9-22(10-8-21)30-17-15-26-11-13-27(14-12-26)18-23(28)25-20-5-3-19(24)4-6-20/h3-10H,2,11-18H2,1H3,(H,25,28). The first-order chi connectivity index (χ1) is 14.6. The number of anilines is 1. The predicted molar refractivity (Wildman–Crippen MR) is 116 cm³/mol. The predicted octanol–water partition coefficient (Wildman–Crippen LogP) is 3.25. The van der Waals surface area contributed by atoms with Crippen LogP contribution in [0.5, 0.6) is 11.5 Å². The third-order valence-electron chi connectivity index (χ3n) is 4.93. The number of carbonyl (C=O) groups excluding carboxylic acids is 1. The van der Waals surface area contributed by atoms with E-state index in [1.165, 1.54) is 12.1 Å². The summed E-state index contributed by atoms with van der Waals surface area (Å²) in [7, 11) is 0. The highest BCUT2D eigenvalue weighted by Crippen LogP contribution is 2.17. The van der Waals surface area contributed by atoms with Gasteiger partial charge in [-0.2, -0.15) is 0 Å².